The highest BCUT2D eigenvalue weighted by molar-refractivity contribution is 5.82. The molecule has 2 rings (SSSR count). The highest BCUT2D eigenvalue weighted by Crippen LogP contribution is 2.28. The van der Waals surface area contributed by atoms with Crippen LogP contribution in [-0.4, -0.2) is 36.8 Å². The summed E-state index contributed by atoms with van der Waals surface area (Å²) < 4.78 is 0. The molecule has 2 unspecified atom stereocenters. The van der Waals surface area contributed by atoms with E-state index in [1.807, 2.05) is 6.92 Å². The van der Waals surface area contributed by atoms with Crippen LogP contribution in [0.3, 0.4) is 0 Å². The van der Waals surface area contributed by atoms with Gasteiger partial charge in [-0.15, -0.1) is 0 Å². The fourth-order valence-corrected chi connectivity index (χ4v) is 2.93. The van der Waals surface area contributed by atoms with Gasteiger partial charge in [-0.2, -0.15) is 0 Å². The van der Waals surface area contributed by atoms with Gasteiger partial charge in [0.2, 0.25) is 5.91 Å². The highest BCUT2D eigenvalue weighted by Gasteiger charge is 2.36. The first kappa shape index (κ1) is 12.8. The first-order valence-corrected chi connectivity index (χ1v) is 6.79. The number of hydrogen-bond donors (Lipinski definition) is 3. The molecule has 4 nitrogen and oxygen atoms in total. The monoisotopic (exact) mass is 240 g/mol. The summed E-state index contributed by atoms with van der Waals surface area (Å²) in [4.78, 5) is 12.0. The van der Waals surface area contributed by atoms with E-state index in [0.717, 1.165) is 32.4 Å². The lowest BCUT2D eigenvalue weighted by Gasteiger charge is -2.24. The molecule has 2 atom stereocenters. The summed E-state index contributed by atoms with van der Waals surface area (Å²) in [6.45, 7) is 4.07. The number of nitrogens with one attached hydrogen (secondary N) is 2. The van der Waals surface area contributed by atoms with Gasteiger partial charge < -0.3 is 15.7 Å². The Kier molecular flexibility index (Phi) is 4.05. The van der Waals surface area contributed by atoms with Gasteiger partial charge in [0, 0.05) is 13.1 Å². The Labute approximate surface area is 103 Å². The third-order valence-corrected chi connectivity index (χ3v) is 4.33. The number of hydrogen-bond acceptors (Lipinski definition) is 3. The molecule has 1 aliphatic heterocycles. The summed E-state index contributed by atoms with van der Waals surface area (Å²) in [7, 11) is 0. The predicted molar refractivity (Wildman–Crippen MR) is 66.6 cm³/mol. The van der Waals surface area contributed by atoms with Gasteiger partial charge >= 0.3 is 0 Å². The van der Waals surface area contributed by atoms with E-state index in [1.165, 1.54) is 12.8 Å². The van der Waals surface area contributed by atoms with E-state index >= 15 is 0 Å². The van der Waals surface area contributed by atoms with E-state index in [-0.39, 0.29) is 17.4 Å². The van der Waals surface area contributed by atoms with Crippen molar-refractivity contribution < 1.29 is 9.90 Å². The summed E-state index contributed by atoms with van der Waals surface area (Å²) >= 11 is 0. The number of carbonyl (C=O) groups excluding carboxylic acids is 1. The second-order valence-electron chi connectivity index (χ2n) is 5.81. The molecule has 0 bridgehead atoms. The molecule has 2 fully saturated rings. The molecule has 0 aromatic carbocycles. The topological polar surface area (TPSA) is 61.4 Å². The zero-order valence-corrected chi connectivity index (χ0v) is 10.7. The van der Waals surface area contributed by atoms with Crippen LogP contribution in [0.1, 0.15) is 39.0 Å². The van der Waals surface area contributed by atoms with Crippen molar-refractivity contribution in [1.29, 1.82) is 0 Å². The first-order valence-electron chi connectivity index (χ1n) is 6.79. The second-order valence-corrected chi connectivity index (χ2v) is 5.81. The molecule has 1 heterocycles. The van der Waals surface area contributed by atoms with Crippen LogP contribution in [0.25, 0.3) is 0 Å². The van der Waals surface area contributed by atoms with Crippen LogP contribution in [0, 0.1) is 11.3 Å². The van der Waals surface area contributed by atoms with Gasteiger partial charge in [-0.3, -0.25) is 4.79 Å². The van der Waals surface area contributed by atoms with Crippen molar-refractivity contribution in [3.63, 3.8) is 0 Å². The van der Waals surface area contributed by atoms with E-state index in [1.54, 1.807) is 0 Å². The van der Waals surface area contributed by atoms with Gasteiger partial charge in [-0.05, 0) is 38.6 Å². The minimum atomic E-state index is -0.362. The van der Waals surface area contributed by atoms with Crippen molar-refractivity contribution in [2.24, 2.45) is 11.3 Å². The third-order valence-electron chi connectivity index (χ3n) is 4.33. The van der Waals surface area contributed by atoms with Crippen LogP contribution in [0.5, 0.6) is 0 Å². The maximum atomic E-state index is 12.0. The number of aliphatic hydroxyl groups excluding tert-OH is 1. The van der Waals surface area contributed by atoms with E-state index < -0.39 is 0 Å². The molecule has 1 saturated heterocycles. The summed E-state index contributed by atoms with van der Waals surface area (Å²) in [5.41, 5.74) is -0.282. The highest BCUT2D eigenvalue weighted by atomic mass is 16.3. The smallest absolute Gasteiger partial charge is 0.227 e. The number of amides is 1. The molecule has 0 aromatic rings. The molecule has 3 N–H and O–H groups in total. The SMILES string of the molecule is CC1(C(=O)NCC(O)C2CCCC2)CCNC1. The predicted octanol–water partition coefficient (Wildman–Crippen LogP) is 0.653. The maximum Gasteiger partial charge on any atom is 0.227 e. The van der Waals surface area contributed by atoms with Gasteiger partial charge in [0.15, 0.2) is 0 Å². The van der Waals surface area contributed by atoms with Crippen LogP contribution in [0.2, 0.25) is 0 Å². The van der Waals surface area contributed by atoms with E-state index in [9.17, 15) is 9.90 Å². The van der Waals surface area contributed by atoms with Crippen molar-refractivity contribution in [2.75, 3.05) is 19.6 Å². The zero-order valence-electron chi connectivity index (χ0n) is 10.7. The van der Waals surface area contributed by atoms with Crippen LogP contribution in [0.15, 0.2) is 0 Å². The maximum absolute atomic E-state index is 12.0. The quantitative estimate of drug-likeness (QED) is 0.676. The standard InChI is InChI=1S/C13H24N2O2/c1-13(6-7-14-9-13)12(17)15-8-11(16)10-4-2-3-5-10/h10-11,14,16H,2-9H2,1H3,(H,15,17). The average Bonchev–Trinajstić information content (AvgIpc) is 2.96. The molecule has 1 aliphatic carbocycles. The Morgan fingerprint density at radius 3 is 2.82 bits per heavy atom. The van der Waals surface area contributed by atoms with Gasteiger partial charge in [0.1, 0.15) is 0 Å². The average molecular weight is 240 g/mol. The van der Waals surface area contributed by atoms with Crippen LogP contribution >= 0.6 is 0 Å². The fourth-order valence-electron chi connectivity index (χ4n) is 2.93. The Hall–Kier alpha value is -0.610. The van der Waals surface area contributed by atoms with Gasteiger partial charge in [-0.1, -0.05) is 12.8 Å². The minimum absolute atomic E-state index is 0.0829. The third kappa shape index (κ3) is 2.99. The van der Waals surface area contributed by atoms with Crippen molar-refractivity contribution in [2.45, 2.75) is 45.1 Å². The van der Waals surface area contributed by atoms with Gasteiger partial charge in [0.05, 0.1) is 11.5 Å². The summed E-state index contributed by atoms with van der Waals surface area (Å²) in [6, 6.07) is 0. The molecule has 98 valence electrons. The van der Waals surface area contributed by atoms with E-state index in [4.69, 9.17) is 0 Å². The molecule has 1 saturated carbocycles. The molecule has 0 radical (unpaired) electrons. The van der Waals surface area contributed by atoms with Crippen molar-refractivity contribution >= 4 is 5.91 Å². The Morgan fingerprint density at radius 1 is 1.53 bits per heavy atom. The summed E-state index contributed by atoms with van der Waals surface area (Å²) in [5.74, 6) is 0.476. The van der Waals surface area contributed by atoms with Gasteiger partial charge in [0.25, 0.3) is 0 Å². The Bertz CT molecular complexity index is 269. The molecular formula is C13H24N2O2. The van der Waals surface area contributed by atoms with Crippen LogP contribution < -0.4 is 10.6 Å². The molecule has 17 heavy (non-hydrogen) atoms. The summed E-state index contributed by atoms with van der Waals surface area (Å²) in [5, 5.41) is 16.1. The molecule has 1 amide bonds. The van der Waals surface area contributed by atoms with Crippen LogP contribution in [-0.2, 0) is 4.79 Å². The van der Waals surface area contributed by atoms with Crippen molar-refractivity contribution in [1.82, 2.24) is 10.6 Å². The lowest BCUT2D eigenvalue weighted by Crippen LogP contribution is -2.44. The zero-order chi connectivity index (χ0) is 12.3. The molecule has 4 heteroatoms. The Balaban J connectivity index is 1.75. The van der Waals surface area contributed by atoms with E-state index in [0.29, 0.717) is 12.5 Å². The lowest BCUT2D eigenvalue weighted by atomic mass is 9.88. The molecule has 0 aromatic heterocycles. The van der Waals surface area contributed by atoms with Crippen molar-refractivity contribution in [3.05, 3.63) is 0 Å². The van der Waals surface area contributed by atoms with Gasteiger partial charge in [-0.25, -0.2) is 0 Å². The fraction of sp³-hybridized carbons (Fsp3) is 0.923. The Morgan fingerprint density at radius 2 is 2.24 bits per heavy atom. The summed E-state index contributed by atoms with van der Waals surface area (Å²) in [6.07, 6.45) is 5.18. The lowest BCUT2D eigenvalue weighted by molar-refractivity contribution is -0.129. The molecular weight excluding hydrogens is 216 g/mol. The van der Waals surface area contributed by atoms with Crippen LogP contribution in [0.4, 0.5) is 0 Å². The second kappa shape index (κ2) is 5.36. The van der Waals surface area contributed by atoms with E-state index in [2.05, 4.69) is 10.6 Å². The number of aliphatic hydroxyl groups is 1. The molecule has 0 spiro atoms. The first-order chi connectivity index (χ1) is 8.12. The normalized spacial score (nSPS) is 31.6. The largest absolute Gasteiger partial charge is 0.391 e. The number of carbonyl (C=O) groups is 1. The minimum Gasteiger partial charge on any atom is -0.391 e. The van der Waals surface area contributed by atoms with Crippen molar-refractivity contribution in [3.8, 4) is 0 Å². The number of rotatable bonds is 4. The molecule has 2 aliphatic rings.